The molecule has 0 aliphatic heterocycles. The van der Waals surface area contributed by atoms with E-state index in [4.69, 9.17) is 4.74 Å². The van der Waals surface area contributed by atoms with Crippen molar-refractivity contribution in [1.82, 2.24) is 0 Å². The molecule has 2 aliphatic carbocycles. The average molecular weight is 272 g/mol. The second-order valence-corrected chi connectivity index (χ2v) is 7.48. The first kappa shape index (κ1) is 14.0. The highest BCUT2D eigenvalue weighted by atomic mass is 16.5. The van der Waals surface area contributed by atoms with Crippen LogP contribution in [0.5, 0.6) is 5.75 Å². The Kier molecular flexibility index (Phi) is 3.79. The monoisotopic (exact) mass is 272 g/mol. The third kappa shape index (κ3) is 2.87. The van der Waals surface area contributed by atoms with Crippen LogP contribution in [0.1, 0.15) is 64.0 Å². The van der Waals surface area contributed by atoms with Crippen LogP contribution in [-0.2, 0) is 12.8 Å². The van der Waals surface area contributed by atoms with E-state index in [9.17, 15) is 0 Å². The zero-order valence-corrected chi connectivity index (χ0v) is 13.2. The fourth-order valence-electron chi connectivity index (χ4n) is 4.06. The van der Waals surface area contributed by atoms with Crippen molar-refractivity contribution in [2.45, 2.75) is 71.3 Å². The van der Waals surface area contributed by atoms with E-state index < -0.39 is 0 Å². The van der Waals surface area contributed by atoms with Gasteiger partial charge in [0.05, 0.1) is 0 Å². The van der Waals surface area contributed by atoms with Crippen molar-refractivity contribution >= 4 is 0 Å². The van der Waals surface area contributed by atoms with E-state index in [2.05, 4.69) is 39.0 Å². The molecule has 1 heteroatoms. The van der Waals surface area contributed by atoms with Crippen LogP contribution < -0.4 is 4.74 Å². The van der Waals surface area contributed by atoms with Crippen molar-refractivity contribution in [1.29, 1.82) is 0 Å². The topological polar surface area (TPSA) is 9.23 Å². The molecule has 0 N–H and O–H groups in total. The molecule has 0 saturated heterocycles. The second kappa shape index (κ2) is 5.42. The first-order chi connectivity index (χ1) is 9.54. The van der Waals surface area contributed by atoms with Crippen molar-refractivity contribution < 1.29 is 4.74 Å². The van der Waals surface area contributed by atoms with Crippen LogP contribution in [0.3, 0.4) is 0 Å². The van der Waals surface area contributed by atoms with E-state index in [1.807, 2.05) is 0 Å². The number of benzene rings is 1. The van der Waals surface area contributed by atoms with Crippen LogP contribution in [0.2, 0.25) is 0 Å². The Balaban J connectivity index is 1.72. The Morgan fingerprint density at radius 2 is 1.70 bits per heavy atom. The van der Waals surface area contributed by atoms with Crippen molar-refractivity contribution in [3.63, 3.8) is 0 Å². The van der Waals surface area contributed by atoms with Gasteiger partial charge in [0.1, 0.15) is 11.4 Å². The molecule has 0 bridgehead atoms. The molecule has 0 spiro atoms. The SMILES string of the molecule is CC1Cc2ccc(OC(C)(C)C3CCCCC3)cc2C1. The molecule has 1 atom stereocenters. The minimum absolute atomic E-state index is 0.0289. The van der Waals surface area contributed by atoms with Gasteiger partial charge in [-0.25, -0.2) is 0 Å². The average Bonchev–Trinajstić information content (AvgIpc) is 2.79. The van der Waals surface area contributed by atoms with Gasteiger partial charge in [0.25, 0.3) is 0 Å². The maximum absolute atomic E-state index is 6.40. The lowest BCUT2D eigenvalue weighted by Gasteiger charge is -2.37. The van der Waals surface area contributed by atoms with Crippen LogP contribution in [-0.4, -0.2) is 5.60 Å². The largest absolute Gasteiger partial charge is 0.488 e. The van der Waals surface area contributed by atoms with Gasteiger partial charge >= 0.3 is 0 Å². The molecule has 1 aromatic rings. The standard InChI is InChI=1S/C19H28O/c1-14-11-15-9-10-18(13-16(15)12-14)20-19(2,3)17-7-5-4-6-8-17/h9-10,13-14,17H,4-8,11-12H2,1-3H3. The number of hydrogen-bond acceptors (Lipinski definition) is 1. The molecule has 1 unspecified atom stereocenters. The molecule has 1 fully saturated rings. The molecular weight excluding hydrogens is 244 g/mol. The van der Waals surface area contributed by atoms with E-state index in [-0.39, 0.29) is 5.60 Å². The lowest BCUT2D eigenvalue weighted by molar-refractivity contribution is 0.0252. The predicted molar refractivity (Wildman–Crippen MR) is 84.3 cm³/mol. The highest BCUT2D eigenvalue weighted by Crippen LogP contribution is 2.37. The first-order valence-electron chi connectivity index (χ1n) is 8.35. The molecule has 1 aromatic carbocycles. The van der Waals surface area contributed by atoms with Gasteiger partial charge in [-0.1, -0.05) is 32.3 Å². The summed E-state index contributed by atoms with van der Waals surface area (Å²) in [4.78, 5) is 0. The Bertz CT molecular complexity index is 469. The van der Waals surface area contributed by atoms with Crippen LogP contribution in [0.25, 0.3) is 0 Å². The summed E-state index contributed by atoms with van der Waals surface area (Å²) in [6.07, 6.45) is 9.27. The molecule has 110 valence electrons. The Hall–Kier alpha value is -0.980. The Morgan fingerprint density at radius 3 is 2.45 bits per heavy atom. The van der Waals surface area contributed by atoms with Crippen molar-refractivity contribution in [2.24, 2.45) is 11.8 Å². The quantitative estimate of drug-likeness (QED) is 0.738. The minimum atomic E-state index is -0.0289. The van der Waals surface area contributed by atoms with E-state index in [1.54, 1.807) is 0 Å². The molecule has 0 radical (unpaired) electrons. The molecular formula is C19H28O. The lowest BCUT2D eigenvalue weighted by Crippen LogP contribution is -2.38. The third-order valence-electron chi connectivity index (χ3n) is 5.28. The Morgan fingerprint density at radius 1 is 1.00 bits per heavy atom. The number of ether oxygens (including phenoxy) is 1. The smallest absolute Gasteiger partial charge is 0.120 e. The summed E-state index contributed by atoms with van der Waals surface area (Å²) in [6, 6.07) is 6.76. The Labute approximate surface area is 123 Å². The summed E-state index contributed by atoms with van der Waals surface area (Å²) in [7, 11) is 0. The maximum atomic E-state index is 6.40. The van der Waals surface area contributed by atoms with Gasteiger partial charge in [-0.3, -0.25) is 0 Å². The zero-order chi connectivity index (χ0) is 14.2. The number of rotatable bonds is 3. The van der Waals surface area contributed by atoms with Gasteiger partial charge in [0.15, 0.2) is 0 Å². The molecule has 2 aliphatic rings. The van der Waals surface area contributed by atoms with Gasteiger partial charge < -0.3 is 4.74 Å². The molecule has 0 amide bonds. The molecule has 20 heavy (non-hydrogen) atoms. The number of fused-ring (bicyclic) bond motifs is 1. The fraction of sp³-hybridized carbons (Fsp3) is 0.684. The summed E-state index contributed by atoms with van der Waals surface area (Å²) in [5, 5.41) is 0. The summed E-state index contributed by atoms with van der Waals surface area (Å²) >= 11 is 0. The van der Waals surface area contributed by atoms with Crippen LogP contribution in [0.15, 0.2) is 18.2 Å². The van der Waals surface area contributed by atoms with Crippen molar-refractivity contribution in [3.8, 4) is 5.75 Å². The number of hydrogen-bond donors (Lipinski definition) is 0. The zero-order valence-electron chi connectivity index (χ0n) is 13.2. The third-order valence-corrected chi connectivity index (χ3v) is 5.28. The van der Waals surface area contributed by atoms with Gasteiger partial charge in [0, 0.05) is 0 Å². The van der Waals surface area contributed by atoms with E-state index >= 15 is 0 Å². The van der Waals surface area contributed by atoms with Crippen LogP contribution >= 0.6 is 0 Å². The highest BCUT2D eigenvalue weighted by Gasteiger charge is 2.32. The molecule has 3 rings (SSSR count). The van der Waals surface area contributed by atoms with Gasteiger partial charge in [0.2, 0.25) is 0 Å². The fourth-order valence-corrected chi connectivity index (χ4v) is 4.06. The van der Waals surface area contributed by atoms with Gasteiger partial charge in [-0.15, -0.1) is 0 Å². The molecule has 1 nitrogen and oxygen atoms in total. The van der Waals surface area contributed by atoms with Crippen molar-refractivity contribution in [3.05, 3.63) is 29.3 Å². The van der Waals surface area contributed by atoms with Gasteiger partial charge in [-0.05, 0) is 74.6 Å². The molecule has 1 saturated carbocycles. The molecule has 0 aromatic heterocycles. The van der Waals surface area contributed by atoms with Gasteiger partial charge in [-0.2, -0.15) is 0 Å². The van der Waals surface area contributed by atoms with E-state index in [0.717, 1.165) is 11.7 Å². The summed E-state index contributed by atoms with van der Waals surface area (Å²) in [5.74, 6) is 2.59. The van der Waals surface area contributed by atoms with Crippen molar-refractivity contribution in [2.75, 3.05) is 0 Å². The summed E-state index contributed by atoms with van der Waals surface area (Å²) in [5.41, 5.74) is 3.01. The van der Waals surface area contributed by atoms with E-state index in [1.165, 1.54) is 56.1 Å². The van der Waals surface area contributed by atoms with Crippen LogP contribution in [0.4, 0.5) is 0 Å². The summed E-state index contributed by atoms with van der Waals surface area (Å²) < 4.78 is 6.40. The summed E-state index contributed by atoms with van der Waals surface area (Å²) in [6.45, 7) is 6.89. The predicted octanol–water partition coefficient (Wildman–Crippen LogP) is 5.16. The highest BCUT2D eigenvalue weighted by molar-refractivity contribution is 5.39. The second-order valence-electron chi connectivity index (χ2n) is 7.48. The first-order valence-corrected chi connectivity index (χ1v) is 8.35. The van der Waals surface area contributed by atoms with Crippen LogP contribution in [0, 0.1) is 11.8 Å². The molecule has 0 heterocycles. The normalized spacial score (nSPS) is 23.6. The lowest BCUT2D eigenvalue weighted by atomic mass is 9.79. The van der Waals surface area contributed by atoms with E-state index in [0.29, 0.717) is 5.92 Å². The minimum Gasteiger partial charge on any atom is -0.488 e. The maximum Gasteiger partial charge on any atom is 0.120 e.